The van der Waals surface area contributed by atoms with Crippen LogP contribution < -0.4 is 10.2 Å². The first-order chi connectivity index (χ1) is 7.93. The predicted molar refractivity (Wildman–Crippen MR) is 65.9 cm³/mol. The minimum absolute atomic E-state index is 0.627. The smallest absolute Gasteiger partial charge is 0.208 e. The average Bonchev–Trinajstić information content (AvgIpc) is 3.00. The summed E-state index contributed by atoms with van der Waals surface area (Å²) in [7, 11) is 0. The quantitative estimate of drug-likeness (QED) is 0.866. The van der Waals surface area contributed by atoms with E-state index in [1.54, 1.807) is 11.3 Å². The van der Waals surface area contributed by atoms with Gasteiger partial charge in [-0.25, -0.2) is 0 Å². The molecule has 0 amide bonds. The number of anilines is 1. The molecular formula is C11H18N4S. The summed E-state index contributed by atoms with van der Waals surface area (Å²) in [5, 5.41) is 12.9. The van der Waals surface area contributed by atoms with Crippen molar-refractivity contribution in [3.63, 3.8) is 0 Å². The van der Waals surface area contributed by atoms with Gasteiger partial charge >= 0.3 is 0 Å². The highest BCUT2D eigenvalue weighted by Gasteiger charge is 2.27. The highest BCUT2D eigenvalue weighted by Crippen LogP contribution is 2.26. The van der Waals surface area contributed by atoms with Gasteiger partial charge < -0.3 is 10.2 Å². The van der Waals surface area contributed by atoms with Crippen molar-refractivity contribution < 1.29 is 0 Å². The minimum atomic E-state index is 0.627. The number of piperidine rings is 1. The van der Waals surface area contributed by atoms with E-state index < -0.39 is 0 Å². The van der Waals surface area contributed by atoms with Gasteiger partial charge in [0.2, 0.25) is 5.13 Å². The zero-order valence-corrected chi connectivity index (χ0v) is 10.2. The summed E-state index contributed by atoms with van der Waals surface area (Å²) in [4.78, 5) is 2.44. The van der Waals surface area contributed by atoms with E-state index in [-0.39, 0.29) is 0 Å². The van der Waals surface area contributed by atoms with Crippen LogP contribution in [0.1, 0.15) is 32.1 Å². The van der Waals surface area contributed by atoms with E-state index >= 15 is 0 Å². The van der Waals surface area contributed by atoms with Crippen molar-refractivity contribution in [1.82, 2.24) is 15.5 Å². The molecule has 1 aliphatic heterocycles. The van der Waals surface area contributed by atoms with Gasteiger partial charge in [0.25, 0.3) is 0 Å². The van der Waals surface area contributed by atoms with Crippen LogP contribution in [0.3, 0.4) is 0 Å². The second-order valence-corrected chi connectivity index (χ2v) is 5.56. The van der Waals surface area contributed by atoms with Gasteiger partial charge in [-0.3, -0.25) is 0 Å². The standard InChI is InChI=1S/C11H18N4S/c1-2-6-15(11-14-13-8-16-11)10(3-1)7-12-9-4-5-9/h8-10,12H,1-7H2. The molecule has 1 saturated heterocycles. The van der Waals surface area contributed by atoms with Crippen LogP contribution in [0, 0.1) is 0 Å². The van der Waals surface area contributed by atoms with Gasteiger partial charge in [-0.1, -0.05) is 11.3 Å². The van der Waals surface area contributed by atoms with Crippen molar-refractivity contribution >= 4 is 16.5 Å². The van der Waals surface area contributed by atoms with Gasteiger partial charge in [0.15, 0.2) is 0 Å². The molecule has 3 rings (SSSR count). The lowest BCUT2D eigenvalue weighted by Gasteiger charge is -2.35. The van der Waals surface area contributed by atoms with Gasteiger partial charge in [-0.15, -0.1) is 10.2 Å². The molecule has 1 atom stereocenters. The second-order valence-electron chi connectivity index (χ2n) is 4.75. The lowest BCUT2D eigenvalue weighted by Crippen LogP contribution is -2.46. The number of nitrogens with zero attached hydrogens (tertiary/aromatic N) is 3. The molecule has 4 nitrogen and oxygen atoms in total. The number of hydrogen-bond acceptors (Lipinski definition) is 5. The van der Waals surface area contributed by atoms with Crippen molar-refractivity contribution in [2.75, 3.05) is 18.0 Å². The van der Waals surface area contributed by atoms with Crippen LogP contribution >= 0.6 is 11.3 Å². The van der Waals surface area contributed by atoms with Crippen molar-refractivity contribution in [3.05, 3.63) is 5.51 Å². The Morgan fingerprint density at radius 2 is 2.31 bits per heavy atom. The number of aromatic nitrogens is 2. The fraction of sp³-hybridized carbons (Fsp3) is 0.818. The van der Waals surface area contributed by atoms with Crippen LogP contribution in [0.15, 0.2) is 5.51 Å². The number of rotatable bonds is 4. The summed E-state index contributed by atoms with van der Waals surface area (Å²) in [6, 6.07) is 1.43. The third-order valence-electron chi connectivity index (χ3n) is 3.44. The summed E-state index contributed by atoms with van der Waals surface area (Å²) in [6.45, 7) is 2.26. The zero-order valence-electron chi connectivity index (χ0n) is 9.43. The Kier molecular flexibility index (Phi) is 3.06. The molecule has 2 fully saturated rings. The van der Waals surface area contributed by atoms with Crippen LogP contribution in [-0.4, -0.2) is 35.4 Å². The molecule has 1 unspecified atom stereocenters. The highest BCUT2D eigenvalue weighted by atomic mass is 32.1. The summed E-state index contributed by atoms with van der Waals surface area (Å²) in [5.41, 5.74) is 1.83. The summed E-state index contributed by atoms with van der Waals surface area (Å²) in [5.74, 6) is 0. The first-order valence-corrected chi connectivity index (χ1v) is 7.07. The average molecular weight is 238 g/mol. The van der Waals surface area contributed by atoms with Crippen LogP contribution in [0.2, 0.25) is 0 Å². The monoisotopic (exact) mass is 238 g/mol. The van der Waals surface area contributed by atoms with E-state index in [4.69, 9.17) is 0 Å². The van der Waals surface area contributed by atoms with E-state index in [1.165, 1.54) is 32.1 Å². The van der Waals surface area contributed by atoms with Gasteiger partial charge in [0.1, 0.15) is 5.51 Å². The largest absolute Gasteiger partial charge is 0.342 e. The summed E-state index contributed by atoms with van der Waals surface area (Å²) >= 11 is 1.66. The molecule has 0 radical (unpaired) electrons. The molecule has 16 heavy (non-hydrogen) atoms. The Morgan fingerprint density at radius 1 is 1.38 bits per heavy atom. The third-order valence-corrected chi connectivity index (χ3v) is 4.17. The Morgan fingerprint density at radius 3 is 3.06 bits per heavy atom. The lowest BCUT2D eigenvalue weighted by molar-refractivity contribution is 0.433. The van der Waals surface area contributed by atoms with E-state index in [9.17, 15) is 0 Å². The maximum atomic E-state index is 4.20. The van der Waals surface area contributed by atoms with Crippen molar-refractivity contribution in [2.45, 2.75) is 44.2 Å². The Labute approximate surface area is 100 Å². The molecule has 1 N–H and O–H groups in total. The van der Waals surface area contributed by atoms with Crippen LogP contribution in [-0.2, 0) is 0 Å². The molecule has 1 aromatic rings. The first kappa shape index (κ1) is 10.5. The summed E-state index contributed by atoms with van der Waals surface area (Å²) in [6.07, 6.45) is 6.67. The lowest BCUT2D eigenvalue weighted by atomic mass is 10.0. The molecule has 0 bridgehead atoms. The molecular weight excluding hydrogens is 220 g/mol. The minimum Gasteiger partial charge on any atom is -0.342 e. The molecule has 5 heteroatoms. The van der Waals surface area contributed by atoms with E-state index in [0.717, 1.165) is 24.3 Å². The number of nitrogens with one attached hydrogen (secondary N) is 1. The van der Waals surface area contributed by atoms with Gasteiger partial charge in [-0.05, 0) is 32.1 Å². The molecule has 1 saturated carbocycles. The second kappa shape index (κ2) is 4.67. The predicted octanol–water partition coefficient (Wildman–Crippen LogP) is 1.65. The van der Waals surface area contributed by atoms with Crippen LogP contribution in [0.5, 0.6) is 0 Å². The molecule has 0 spiro atoms. The Bertz CT molecular complexity index is 323. The van der Waals surface area contributed by atoms with Crippen LogP contribution in [0.4, 0.5) is 5.13 Å². The molecule has 2 heterocycles. The number of hydrogen-bond donors (Lipinski definition) is 1. The molecule has 1 aromatic heterocycles. The fourth-order valence-corrected chi connectivity index (χ4v) is 3.01. The first-order valence-electron chi connectivity index (χ1n) is 6.19. The fourth-order valence-electron chi connectivity index (χ4n) is 2.35. The molecule has 2 aliphatic rings. The van der Waals surface area contributed by atoms with Gasteiger partial charge in [0.05, 0.1) is 0 Å². The van der Waals surface area contributed by atoms with E-state index in [2.05, 4.69) is 20.4 Å². The maximum Gasteiger partial charge on any atom is 0.208 e. The van der Waals surface area contributed by atoms with E-state index in [0.29, 0.717) is 6.04 Å². The SMILES string of the molecule is c1nnc(N2CCCCC2CNC2CC2)s1. The molecule has 0 aromatic carbocycles. The Balaban J connectivity index is 1.63. The summed E-state index contributed by atoms with van der Waals surface area (Å²) < 4.78 is 0. The van der Waals surface area contributed by atoms with Crippen LogP contribution in [0.25, 0.3) is 0 Å². The normalized spacial score (nSPS) is 26.0. The van der Waals surface area contributed by atoms with Crippen molar-refractivity contribution in [1.29, 1.82) is 0 Å². The highest BCUT2D eigenvalue weighted by molar-refractivity contribution is 7.13. The Hall–Kier alpha value is -0.680. The molecule has 88 valence electrons. The van der Waals surface area contributed by atoms with Gasteiger partial charge in [0, 0.05) is 25.2 Å². The zero-order chi connectivity index (χ0) is 10.8. The molecule has 1 aliphatic carbocycles. The van der Waals surface area contributed by atoms with Crippen molar-refractivity contribution in [3.8, 4) is 0 Å². The topological polar surface area (TPSA) is 41.1 Å². The van der Waals surface area contributed by atoms with Gasteiger partial charge in [-0.2, -0.15) is 0 Å². The van der Waals surface area contributed by atoms with Crippen molar-refractivity contribution in [2.24, 2.45) is 0 Å². The van der Waals surface area contributed by atoms with E-state index in [1.807, 2.05) is 5.51 Å². The third kappa shape index (κ3) is 2.35. The maximum absolute atomic E-state index is 4.20.